The zero-order chi connectivity index (χ0) is 15.0. The molecule has 0 aromatic heterocycles. The van der Waals surface area contributed by atoms with Crippen LogP contribution in [0.15, 0.2) is 12.7 Å². The van der Waals surface area contributed by atoms with Gasteiger partial charge in [0.1, 0.15) is 6.61 Å². The summed E-state index contributed by atoms with van der Waals surface area (Å²) in [5.74, 6) is -0.183. The van der Waals surface area contributed by atoms with Crippen LogP contribution in [0.2, 0.25) is 0 Å². The van der Waals surface area contributed by atoms with Gasteiger partial charge in [0.25, 0.3) is 5.91 Å². The van der Waals surface area contributed by atoms with Gasteiger partial charge in [-0.25, -0.2) is 4.79 Å². The fourth-order valence-electron chi connectivity index (χ4n) is 1.90. The monoisotopic (exact) mass is 284 g/mol. The quantitative estimate of drug-likeness (QED) is 0.627. The molecule has 0 aromatic rings. The Hall–Kier alpha value is -1.56. The summed E-state index contributed by atoms with van der Waals surface area (Å²) < 4.78 is 10.1. The van der Waals surface area contributed by atoms with E-state index >= 15 is 0 Å². The lowest BCUT2D eigenvalue weighted by Gasteiger charge is -2.25. The lowest BCUT2D eigenvalue weighted by atomic mass is 10.1. The fourth-order valence-corrected chi connectivity index (χ4v) is 1.90. The van der Waals surface area contributed by atoms with Gasteiger partial charge in [-0.1, -0.05) is 26.0 Å². The molecule has 6 nitrogen and oxygen atoms in total. The maximum atomic E-state index is 12.1. The number of carbonyl (C=O) groups is 2. The molecule has 1 unspecified atom stereocenters. The SMILES string of the molecule is C=CCOC(=O)N[C@@H](CCC)C(OC)C(=O)NC1CC1. The molecule has 1 rings (SSSR count). The van der Waals surface area contributed by atoms with E-state index in [1.807, 2.05) is 6.92 Å². The molecule has 0 radical (unpaired) electrons. The number of alkyl carbamates (subject to hydrolysis) is 1. The summed E-state index contributed by atoms with van der Waals surface area (Å²) in [4.78, 5) is 23.7. The van der Waals surface area contributed by atoms with Crippen molar-refractivity contribution < 1.29 is 19.1 Å². The normalized spacial score (nSPS) is 16.9. The highest BCUT2D eigenvalue weighted by Crippen LogP contribution is 2.19. The van der Waals surface area contributed by atoms with Gasteiger partial charge in [0.2, 0.25) is 0 Å². The van der Waals surface area contributed by atoms with Crippen LogP contribution in [0.1, 0.15) is 32.6 Å². The third-order valence-corrected chi connectivity index (χ3v) is 3.04. The lowest BCUT2D eigenvalue weighted by molar-refractivity contribution is -0.132. The second kappa shape index (κ2) is 8.58. The Morgan fingerprint density at radius 1 is 1.45 bits per heavy atom. The Labute approximate surface area is 119 Å². The number of rotatable bonds is 9. The fraction of sp³-hybridized carbons (Fsp3) is 0.714. The highest BCUT2D eigenvalue weighted by molar-refractivity contribution is 5.83. The van der Waals surface area contributed by atoms with E-state index in [-0.39, 0.29) is 18.6 Å². The number of nitrogens with one attached hydrogen (secondary N) is 2. The van der Waals surface area contributed by atoms with Crippen molar-refractivity contribution in [2.75, 3.05) is 13.7 Å². The van der Waals surface area contributed by atoms with Crippen molar-refractivity contribution in [1.82, 2.24) is 10.6 Å². The molecular weight excluding hydrogens is 260 g/mol. The predicted octanol–water partition coefficient (Wildman–Crippen LogP) is 1.36. The summed E-state index contributed by atoms with van der Waals surface area (Å²) in [6.07, 6.45) is 3.70. The molecule has 1 aliphatic carbocycles. The highest BCUT2D eigenvalue weighted by atomic mass is 16.5. The molecule has 0 aliphatic heterocycles. The summed E-state index contributed by atoms with van der Waals surface area (Å²) in [5.41, 5.74) is 0. The molecule has 1 fully saturated rings. The van der Waals surface area contributed by atoms with Gasteiger partial charge in [-0.2, -0.15) is 0 Å². The van der Waals surface area contributed by atoms with Gasteiger partial charge in [-0.05, 0) is 19.3 Å². The van der Waals surface area contributed by atoms with Crippen LogP contribution in [0.3, 0.4) is 0 Å². The number of hydrogen-bond donors (Lipinski definition) is 2. The van der Waals surface area contributed by atoms with E-state index in [1.54, 1.807) is 0 Å². The van der Waals surface area contributed by atoms with Gasteiger partial charge in [-0.3, -0.25) is 4.79 Å². The summed E-state index contributed by atoms with van der Waals surface area (Å²) in [5, 5.41) is 5.57. The average molecular weight is 284 g/mol. The first kappa shape index (κ1) is 16.5. The van der Waals surface area contributed by atoms with Crippen LogP contribution in [0.4, 0.5) is 4.79 Å². The van der Waals surface area contributed by atoms with E-state index in [0.717, 1.165) is 19.3 Å². The summed E-state index contributed by atoms with van der Waals surface area (Å²) in [6.45, 7) is 5.59. The standard InChI is InChI=1S/C14H24N2O4/c1-4-6-11(16-14(18)20-9-5-2)12(19-3)13(17)15-10-7-8-10/h5,10-12H,2,4,6-9H2,1,3H3,(H,15,17)(H,16,18)/t11-,12?/m0/s1. The Balaban J connectivity index is 2.56. The van der Waals surface area contributed by atoms with Gasteiger partial charge in [0.15, 0.2) is 6.10 Å². The van der Waals surface area contributed by atoms with Crippen molar-refractivity contribution in [1.29, 1.82) is 0 Å². The topological polar surface area (TPSA) is 76.7 Å². The molecule has 1 aliphatic rings. The number of methoxy groups -OCH3 is 1. The minimum absolute atomic E-state index is 0.136. The van der Waals surface area contributed by atoms with Crippen LogP contribution >= 0.6 is 0 Å². The van der Waals surface area contributed by atoms with Crippen LogP contribution in [-0.4, -0.2) is 43.9 Å². The summed E-state index contributed by atoms with van der Waals surface area (Å²) in [7, 11) is 1.47. The Morgan fingerprint density at radius 3 is 2.65 bits per heavy atom. The minimum atomic E-state index is -0.702. The molecule has 2 N–H and O–H groups in total. The predicted molar refractivity (Wildman–Crippen MR) is 75.3 cm³/mol. The van der Waals surface area contributed by atoms with Crippen LogP contribution in [0.5, 0.6) is 0 Å². The van der Waals surface area contributed by atoms with E-state index < -0.39 is 18.2 Å². The van der Waals surface area contributed by atoms with E-state index in [0.29, 0.717) is 6.42 Å². The molecule has 20 heavy (non-hydrogen) atoms. The maximum absolute atomic E-state index is 12.1. The van der Waals surface area contributed by atoms with Crippen molar-refractivity contribution >= 4 is 12.0 Å². The Morgan fingerprint density at radius 2 is 2.15 bits per heavy atom. The van der Waals surface area contributed by atoms with Crippen molar-refractivity contribution in [3.05, 3.63) is 12.7 Å². The first-order chi connectivity index (χ1) is 9.62. The molecule has 1 saturated carbocycles. The minimum Gasteiger partial charge on any atom is -0.445 e. The molecule has 0 bridgehead atoms. The van der Waals surface area contributed by atoms with Gasteiger partial charge in [-0.15, -0.1) is 0 Å². The maximum Gasteiger partial charge on any atom is 0.407 e. The first-order valence-electron chi connectivity index (χ1n) is 6.99. The lowest BCUT2D eigenvalue weighted by Crippen LogP contribution is -2.52. The van der Waals surface area contributed by atoms with Gasteiger partial charge < -0.3 is 20.1 Å². The summed E-state index contributed by atoms with van der Waals surface area (Å²) >= 11 is 0. The Kier molecular flexibility index (Phi) is 7.08. The Bertz CT molecular complexity index is 342. The molecule has 0 aromatic carbocycles. The molecule has 0 saturated heterocycles. The van der Waals surface area contributed by atoms with Crippen molar-refractivity contribution in [2.24, 2.45) is 0 Å². The molecule has 2 atom stereocenters. The number of ether oxygens (including phenoxy) is 2. The number of amides is 2. The first-order valence-corrected chi connectivity index (χ1v) is 6.99. The largest absolute Gasteiger partial charge is 0.445 e. The van der Waals surface area contributed by atoms with Crippen LogP contribution in [0.25, 0.3) is 0 Å². The highest BCUT2D eigenvalue weighted by Gasteiger charge is 2.33. The molecule has 6 heteroatoms. The summed E-state index contributed by atoms with van der Waals surface area (Å²) in [6, 6.07) is -0.142. The smallest absolute Gasteiger partial charge is 0.407 e. The molecule has 114 valence electrons. The van der Waals surface area contributed by atoms with E-state index in [1.165, 1.54) is 13.2 Å². The van der Waals surface area contributed by atoms with E-state index in [2.05, 4.69) is 17.2 Å². The van der Waals surface area contributed by atoms with Crippen LogP contribution in [0, 0.1) is 0 Å². The van der Waals surface area contributed by atoms with E-state index in [9.17, 15) is 9.59 Å². The second-order valence-electron chi connectivity index (χ2n) is 4.87. The van der Waals surface area contributed by atoms with Crippen molar-refractivity contribution in [2.45, 2.75) is 50.8 Å². The molecule has 0 spiro atoms. The van der Waals surface area contributed by atoms with Crippen molar-refractivity contribution in [3.63, 3.8) is 0 Å². The van der Waals surface area contributed by atoms with Crippen LogP contribution < -0.4 is 10.6 Å². The van der Waals surface area contributed by atoms with Gasteiger partial charge in [0.05, 0.1) is 6.04 Å². The second-order valence-corrected chi connectivity index (χ2v) is 4.87. The number of hydrogen-bond acceptors (Lipinski definition) is 4. The van der Waals surface area contributed by atoms with Gasteiger partial charge >= 0.3 is 6.09 Å². The average Bonchev–Trinajstić information content (AvgIpc) is 3.21. The third-order valence-electron chi connectivity index (χ3n) is 3.04. The number of carbonyl (C=O) groups excluding carboxylic acids is 2. The molecule has 2 amide bonds. The molecule has 0 heterocycles. The van der Waals surface area contributed by atoms with Crippen molar-refractivity contribution in [3.8, 4) is 0 Å². The third kappa shape index (κ3) is 5.61. The zero-order valence-electron chi connectivity index (χ0n) is 12.2. The van der Waals surface area contributed by atoms with E-state index in [4.69, 9.17) is 9.47 Å². The molecular formula is C14H24N2O4. The zero-order valence-corrected chi connectivity index (χ0v) is 12.2. The van der Waals surface area contributed by atoms with Crippen LogP contribution in [-0.2, 0) is 14.3 Å². The van der Waals surface area contributed by atoms with Gasteiger partial charge in [0, 0.05) is 13.2 Å².